The van der Waals surface area contributed by atoms with E-state index in [-0.39, 0.29) is 42.0 Å². The number of carbonyl (C=O) groups is 3. The molecule has 18 heteroatoms. The molecule has 3 saturated heterocycles. The Morgan fingerprint density at radius 2 is 1.78 bits per heavy atom. The zero-order valence-corrected chi connectivity index (χ0v) is 38.2. The number of piperidine rings is 1. The van der Waals surface area contributed by atoms with Gasteiger partial charge in [-0.15, -0.1) is 0 Å². The van der Waals surface area contributed by atoms with Crippen molar-refractivity contribution in [2.24, 2.45) is 7.05 Å². The van der Waals surface area contributed by atoms with Gasteiger partial charge in [0.05, 0.1) is 41.4 Å². The molecule has 0 aliphatic carbocycles. The van der Waals surface area contributed by atoms with Crippen LogP contribution in [0.3, 0.4) is 0 Å². The van der Waals surface area contributed by atoms with Crippen LogP contribution in [0.4, 0.5) is 26.0 Å². The van der Waals surface area contributed by atoms with E-state index < -0.39 is 18.4 Å². The fourth-order valence-electron chi connectivity index (χ4n) is 11.0. The first-order valence-corrected chi connectivity index (χ1v) is 23.6. The number of para-hydroxylation sites is 1. The van der Waals surface area contributed by atoms with E-state index in [1.165, 1.54) is 9.13 Å². The van der Waals surface area contributed by atoms with Crippen LogP contribution in [0.25, 0.3) is 27.8 Å². The second kappa shape index (κ2) is 17.7. The van der Waals surface area contributed by atoms with Crippen molar-refractivity contribution in [1.29, 1.82) is 0 Å². The summed E-state index contributed by atoms with van der Waals surface area (Å²) in [7, 11) is 1.66. The van der Waals surface area contributed by atoms with E-state index in [2.05, 4.69) is 41.5 Å². The highest BCUT2D eigenvalue weighted by Gasteiger charge is 2.36. The molecule has 2 aromatic carbocycles. The van der Waals surface area contributed by atoms with Crippen molar-refractivity contribution in [3.05, 3.63) is 93.4 Å². The Bertz CT molecular complexity index is 3130. The number of aryl methyl sites for hydroxylation is 2. The van der Waals surface area contributed by atoms with Crippen molar-refractivity contribution in [2.45, 2.75) is 76.9 Å². The monoisotopic (exact) mass is 925 g/mol. The number of benzene rings is 2. The first-order chi connectivity index (χ1) is 33.0. The van der Waals surface area contributed by atoms with Gasteiger partial charge in [0, 0.05) is 126 Å². The van der Waals surface area contributed by atoms with Gasteiger partial charge in [0.1, 0.15) is 11.7 Å². The number of hydrogen-bond acceptors (Lipinski definition) is 10. The summed E-state index contributed by atoms with van der Waals surface area (Å²) in [4.78, 5) is 63.7. The van der Waals surface area contributed by atoms with Crippen LogP contribution in [0.2, 0.25) is 0 Å². The van der Waals surface area contributed by atoms with E-state index in [0.717, 1.165) is 59.7 Å². The molecule has 16 nitrogen and oxygen atoms in total. The summed E-state index contributed by atoms with van der Waals surface area (Å²) in [5.74, 6) is 6.52. The second-order valence-electron chi connectivity index (χ2n) is 18.5. The molecule has 0 radical (unpaired) electrons. The molecule has 3 fully saturated rings. The lowest BCUT2D eigenvalue weighted by Crippen LogP contribution is -2.46. The van der Waals surface area contributed by atoms with E-state index in [1.807, 2.05) is 46.0 Å². The number of piperazine rings is 1. The topological polar surface area (TPSA) is 147 Å². The van der Waals surface area contributed by atoms with Crippen LogP contribution < -0.4 is 20.8 Å². The van der Waals surface area contributed by atoms with Crippen molar-refractivity contribution in [1.82, 2.24) is 43.4 Å². The minimum absolute atomic E-state index is 0.00548. The number of aromatic nitrogens is 6. The number of imide groups is 1. The van der Waals surface area contributed by atoms with Gasteiger partial charge < -0.3 is 23.8 Å². The van der Waals surface area contributed by atoms with Crippen LogP contribution in [-0.4, -0.2) is 115 Å². The Kier molecular flexibility index (Phi) is 11.4. The van der Waals surface area contributed by atoms with Gasteiger partial charge in [-0.25, -0.2) is 18.6 Å². The molecule has 1 atom stereocenters. The number of ether oxygens (including phenoxy) is 1. The van der Waals surface area contributed by atoms with E-state index in [1.54, 1.807) is 32.3 Å². The highest BCUT2D eigenvalue weighted by molar-refractivity contribution is 6.00. The smallest absolute Gasteiger partial charge is 0.329 e. The quantitative estimate of drug-likeness (QED) is 0.166. The number of imidazole rings is 2. The maximum Gasteiger partial charge on any atom is 0.329 e. The molecule has 4 aromatic heterocycles. The molecule has 1 unspecified atom stereocenters. The van der Waals surface area contributed by atoms with Gasteiger partial charge in [0.2, 0.25) is 17.7 Å². The first kappa shape index (κ1) is 43.7. The summed E-state index contributed by atoms with van der Waals surface area (Å²) in [5.41, 5.74) is 8.01. The number of pyridine rings is 1. The van der Waals surface area contributed by atoms with Gasteiger partial charge >= 0.3 is 5.69 Å². The summed E-state index contributed by atoms with van der Waals surface area (Å²) in [6, 6.07) is 10.4. The second-order valence-corrected chi connectivity index (χ2v) is 18.5. The Labute approximate surface area is 391 Å². The van der Waals surface area contributed by atoms with Gasteiger partial charge in [-0.1, -0.05) is 17.9 Å². The Morgan fingerprint density at radius 3 is 2.56 bits per heavy atom. The molecule has 11 rings (SSSR count). The average molecular weight is 926 g/mol. The van der Waals surface area contributed by atoms with E-state index >= 15 is 8.78 Å². The van der Waals surface area contributed by atoms with Gasteiger partial charge in [-0.3, -0.25) is 38.4 Å². The fraction of sp³-hybridized carbons (Fsp3) is 0.440. The Hall–Kier alpha value is -6.84. The highest BCUT2D eigenvalue weighted by atomic mass is 19.3. The van der Waals surface area contributed by atoms with Gasteiger partial charge in [-0.2, -0.15) is 5.10 Å². The van der Waals surface area contributed by atoms with E-state index in [9.17, 15) is 19.2 Å². The van der Waals surface area contributed by atoms with E-state index in [4.69, 9.17) is 9.84 Å². The fourth-order valence-corrected chi connectivity index (χ4v) is 11.0. The molecule has 5 aliphatic rings. The number of hydrogen-bond donors (Lipinski definition) is 1. The number of anilines is 3. The molecule has 68 heavy (non-hydrogen) atoms. The summed E-state index contributed by atoms with van der Waals surface area (Å²) in [6.07, 6.45) is 7.15. The molecule has 0 saturated carbocycles. The number of amides is 3. The van der Waals surface area contributed by atoms with Crippen LogP contribution in [0.1, 0.15) is 85.5 Å². The van der Waals surface area contributed by atoms with Crippen LogP contribution in [0.15, 0.2) is 59.8 Å². The molecule has 352 valence electrons. The molecule has 9 heterocycles. The minimum atomic E-state index is -2.76. The molecule has 0 bridgehead atoms. The molecular formula is C50H53F2N11O5. The van der Waals surface area contributed by atoms with Crippen LogP contribution in [0, 0.1) is 11.8 Å². The lowest BCUT2D eigenvalue weighted by atomic mass is 9.91. The maximum atomic E-state index is 15.6. The summed E-state index contributed by atoms with van der Waals surface area (Å²) in [6.45, 7) is 7.69. The number of nitrogens with one attached hydrogen (secondary N) is 1. The number of rotatable bonds is 7. The normalized spacial score (nSPS) is 19.4. The van der Waals surface area contributed by atoms with Crippen molar-refractivity contribution >= 4 is 51.6 Å². The van der Waals surface area contributed by atoms with Crippen LogP contribution in [-0.2, 0) is 45.6 Å². The summed E-state index contributed by atoms with van der Waals surface area (Å²) < 4.78 is 44.0. The SMILES string of the molecule is CC(=O)N1CCc2c(c(N3CCCc4cc(-c5cc6nccn6cc5N5CCN(CC#Cc6cccc7c6n(C)c(=O)n7C6CCC(=O)NC6=O)CC5)c(C(F)F)cc43)nn2C2CCOCC2)C1. The third kappa shape index (κ3) is 7.70. The van der Waals surface area contributed by atoms with Gasteiger partial charge in [-0.05, 0) is 73.6 Å². The predicted molar refractivity (Wildman–Crippen MR) is 251 cm³/mol. The minimum Gasteiger partial charge on any atom is -0.381 e. The predicted octanol–water partition coefficient (Wildman–Crippen LogP) is 5.28. The van der Waals surface area contributed by atoms with E-state index in [0.29, 0.717) is 105 Å². The largest absolute Gasteiger partial charge is 0.381 e. The zero-order valence-electron chi connectivity index (χ0n) is 38.2. The molecule has 6 aromatic rings. The lowest BCUT2D eigenvalue weighted by Gasteiger charge is -2.37. The van der Waals surface area contributed by atoms with Crippen molar-refractivity contribution in [2.75, 3.05) is 68.8 Å². The number of carbonyl (C=O) groups excluding carboxylic acids is 3. The summed E-state index contributed by atoms with van der Waals surface area (Å²) >= 11 is 0. The molecule has 3 amide bonds. The third-order valence-corrected chi connectivity index (χ3v) is 14.6. The molecule has 1 N–H and O–H groups in total. The van der Waals surface area contributed by atoms with Crippen molar-refractivity contribution < 1.29 is 27.9 Å². The number of halogens is 2. The van der Waals surface area contributed by atoms with Crippen LogP contribution in [0.5, 0.6) is 0 Å². The zero-order chi connectivity index (χ0) is 46.8. The van der Waals surface area contributed by atoms with Crippen molar-refractivity contribution in [3.63, 3.8) is 0 Å². The number of nitrogens with zero attached hydrogens (tertiary/aromatic N) is 10. The number of fused-ring (bicyclic) bond motifs is 4. The molecule has 5 aliphatic heterocycles. The van der Waals surface area contributed by atoms with Crippen molar-refractivity contribution in [3.8, 4) is 23.0 Å². The first-order valence-electron chi connectivity index (χ1n) is 23.6. The Morgan fingerprint density at radius 1 is 0.956 bits per heavy atom. The average Bonchev–Trinajstić information content (AvgIpc) is 4.05. The highest BCUT2D eigenvalue weighted by Crippen LogP contribution is 2.46. The van der Waals surface area contributed by atoms with Gasteiger partial charge in [0.25, 0.3) is 6.43 Å². The number of alkyl halides is 2. The lowest BCUT2D eigenvalue weighted by molar-refractivity contribution is -0.135. The van der Waals surface area contributed by atoms with Crippen LogP contribution >= 0.6 is 0 Å². The van der Waals surface area contributed by atoms with Gasteiger partial charge in [0.15, 0.2) is 5.82 Å². The Balaban J connectivity index is 0.874. The molecule has 0 spiro atoms. The summed E-state index contributed by atoms with van der Waals surface area (Å²) in [5, 5.41) is 7.62. The molecular weight excluding hydrogens is 873 g/mol. The maximum absolute atomic E-state index is 15.6. The third-order valence-electron chi connectivity index (χ3n) is 14.6. The standard InChI is InChI=1S/C50H53F2N11O5/c1-31(64)59-18-12-39-38(29-59)48(55-63(39)34-13-24-68-25-14-34)61-17-5-8-33-26-35(37(47(51)52)27-42(33)61)36-28-44-53-15-19-60(44)30-43(36)58-22-20-57(21-23-58)16-4-7-32-6-3-9-40-46(32)56(2)50(67)62(40)41-10-11-45(65)54-49(41)66/h3,6,9,15,19,26-28,30,34,41,47H,5,8,10-14,16-18,20-25,29H2,1-2H3,(H,54,65,66).